The second-order valence-corrected chi connectivity index (χ2v) is 5.47. The molecule has 9 heteroatoms. The van der Waals surface area contributed by atoms with Crippen LogP contribution in [0.5, 0.6) is 0 Å². The van der Waals surface area contributed by atoms with Crippen LogP contribution in [0.25, 0.3) is 0 Å². The van der Waals surface area contributed by atoms with Crippen LogP contribution in [0.3, 0.4) is 0 Å². The van der Waals surface area contributed by atoms with Crippen molar-refractivity contribution in [3.63, 3.8) is 0 Å². The highest BCUT2D eigenvalue weighted by Gasteiger charge is 2.71. The number of rotatable bonds is 0. The van der Waals surface area contributed by atoms with Crippen LogP contribution in [0.2, 0.25) is 0 Å². The van der Waals surface area contributed by atoms with Crippen LogP contribution >= 0.6 is 0 Å². The van der Waals surface area contributed by atoms with Crippen LogP contribution in [0.4, 0.5) is 26.3 Å². The quantitative estimate of drug-likeness (QED) is 0.299. The summed E-state index contributed by atoms with van der Waals surface area (Å²) in [7, 11) is 0. The van der Waals surface area contributed by atoms with E-state index in [0.29, 0.717) is 0 Å². The first kappa shape index (κ1) is 14.4. The highest BCUT2D eigenvalue weighted by molar-refractivity contribution is 5.97. The van der Waals surface area contributed by atoms with E-state index in [1.807, 2.05) is 0 Å². The maximum Gasteiger partial charge on any atom is 0.393 e. The molecular weight excluding hydrogens is 306 g/mol. The molecule has 2 fully saturated rings. The van der Waals surface area contributed by atoms with Crippen LogP contribution in [0.15, 0.2) is 12.2 Å². The number of halogens is 6. The maximum atomic E-state index is 13.1. The molecule has 0 aromatic rings. The van der Waals surface area contributed by atoms with E-state index in [1.54, 1.807) is 0 Å². The molecule has 6 atom stereocenters. The van der Waals surface area contributed by atoms with Crippen molar-refractivity contribution >= 4 is 11.9 Å². The smallest absolute Gasteiger partial charge is 0.393 e. The predicted molar refractivity (Wildman–Crippen MR) is 53.3 cm³/mol. The van der Waals surface area contributed by atoms with Gasteiger partial charge in [0.1, 0.15) is 0 Å². The third kappa shape index (κ3) is 1.89. The Hall–Kier alpha value is -1.54. The second-order valence-electron chi connectivity index (χ2n) is 5.47. The Morgan fingerprint density at radius 1 is 0.762 bits per heavy atom. The lowest BCUT2D eigenvalue weighted by Gasteiger charge is -2.49. The van der Waals surface area contributed by atoms with Gasteiger partial charge in [0.2, 0.25) is 0 Å². The number of allylic oxidation sites excluding steroid dienone is 2. The number of cyclic esters (lactones) is 2. The molecule has 0 aromatic carbocycles. The topological polar surface area (TPSA) is 43.4 Å². The molecule has 0 aromatic heterocycles. The van der Waals surface area contributed by atoms with Gasteiger partial charge in [-0.05, 0) is 0 Å². The Morgan fingerprint density at radius 3 is 1.38 bits per heavy atom. The summed E-state index contributed by atoms with van der Waals surface area (Å²) in [6.07, 6.45) is -8.31. The van der Waals surface area contributed by atoms with Crippen LogP contribution < -0.4 is 0 Å². The number of fused-ring (bicyclic) bond motifs is 1. The summed E-state index contributed by atoms with van der Waals surface area (Å²) in [6.45, 7) is 0. The molecule has 0 radical (unpaired) electrons. The van der Waals surface area contributed by atoms with Gasteiger partial charge in [-0.15, -0.1) is 0 Å². The second kappa shape index (κ2) is 4.01. The minimum Gasteiger partial charge on any atom is -0.393 e. The Kier molecular flexibility index (Phi) is 2.75. The van der Waals surface area contributed by atoms with Crippen molar-refractivity contribution in [3.05, 3.63) is 12.2 Å². The first-order chi connectivity index (χ1) is 9.53. The number of carbonyl (C=O) groups is 2. The van der Waals surface area contributed by atoms with E-state index in [1.165, 1.54) is 0 Å². The monoisotopic (exact) mass is 314 g/mol. The van der Waals surface area contributed by atoms with Gasteiger partial charge in [0.05, 0.1) is 23.7 Å². The van der Waals surface area contributed by atoms with Crippen molar-refractivity contribution < 1.29 is 40.7 Å². The lowest BCUT2D eigenvalue weighted by Crippen LogP contribution is -2.58. The summed E-state index contributed by atoms with van der Waals surface area (Å²) in [6, 6.07) is 0. The molecule has 21 heavy (non-hydrogen) atoms. The lowest BCUT2D eigenvalue weighted by atomic mass is 9.53. The molecule has 1 aliphatic heterocycles. The summed E-state index contributed by atoms with van der Waals surface area (Å²) in [5.41, 5.74) is 0. The van der Waals surface area contributed by atoms with Gasteiger partial charge in [0.25, 0.3) is 0 Å². The largest absolute Gasteiger partial charge is 0.393 e. The molecule has 1 saturated heterocycles. The van der Waals surface area contributed by atoms with Crippen molar-refractivity contribution in [1.29, 1.82) is 0 Å². The molecule has 4 rings (SSSR count). The molecule has 1 saturated carbocycles. The average molecular weight is 314 g/mol. The molecule has 4 aliphatic rings. The van der Waals surface area contributed by atoms with Crippen LogP contribution in [0.1, 0.15) is 0 Å². The summed E-state index contributed by atoms with van der Waals surface area (Å²) >= 11 is 0. The molecular formula is C12H8F6O3. The first-order valence-electron chi connectivity index (χ1n) is 6.11. The average Bonchev–Trinajstić information content (AvgIpc) is 2.64. The fraction of sp³-hybridized carbons (Fsp3) is 0.667. The maximum absolute atomic E-state index is 13.1. The number of carbonyl (C=O) groups excluding carboxylic acids is 2. The van der Waals surface area contributed by atoms with E-state index in [-0.39, 0.29) is 0 Å². The van der Waals surface area contributed by atoms with Crippen molar-refractivity contribution in [2.45, 2.75) is 12.4 Å². The number of hydrogen-bond donors (Lipinski definition) is 0. The number of ether oxygens (including phenoxy) is 1. The van der Waals surface area contributed by atoms with Crippen molar-refractivity contribution in [2.24, 2.45) is 35.5 Å². The molecule has 6 unspecified atom stereocenters. The zero-order chi connectivity index (χ0) is 15.7. The molecule has 3 nitrogen and oxygen atoms in total. The third-order valence-electron chi connectivity index (χ3n) is 4.49. The van der Waals surface area contributed by atoms with Gasteiger partial charge in [-0.1, -0.05) is 12.2 Å². The molecule has 1 heterocycles. The summed E-state index contributed by atoms with van der Waals surface area (Å²) in [5.74, 6) is -14.2. The standard InChI is InChI=1S/C12H8F6O3/c13-11(14,15)7-3-1-2-4(8(7)12(16,17)18)6-5(3)9(19)21-10(6)20/h1-8H. The zero-order valence-electron chi connectivity index (χ0n) is 10.1. The SMILES string of the molecule is O=C1OC(=O)C2C3C=CC(C12)C(C(F)(F)F)C3C(F)(F)F. The predicted octanol–water partition coefficient (Wildman–Crippen LogP) is 2.48. The molecule has 3 aliphatic carbocycles. The van der Waals surface area contributed by atoms with Crippen LogP contribution in [-0.2, 0) is 14.3 Å². The Labute approximate surface area is 113 Å². The van der Waals surface area contributed by atoms with Gasteiger partial charge in [-0.25, -0.2) is 0 Å². The molecule has 0 spiro atoms. The molecule has 116 valence electrons. The van der Waals surface area contributed by atoms with E-state index in [0.717, 1.165) is 12.2 Å². The van der Waals surface area contributed by atoms with Gasteiger partial charge in [0.15, 0.2) is 0 Å². The normalized spacial score (nSPS) is 42.2. The fourth-order valence-electron chi connectivity index (χ4n) is 3.83. The minimum absolute atomic E-state index is 0.964. The van der Waals surface area contributed by atoms with Crippen molar-refractivity contribution in [1.82, 2.24) is 0 Å². The van der Waals surface area contributed by atoms with Gasteiger partial charge in [-0.2, -0.15) is 26.3 Å². The van der Waals surface area contributed by atoms with E-state index in [2.05, 4.69) is 4.74 Å². The lowest BCUT2D eigenvalue weighted by molar-refractivity contribution is -0.290. The summed E-state index contributed by atoms with van der Waals surface area (Å²) in [4.78, 5) is 23.0. The van der Waals surface area contributed by atoms with Gasteiger partial charge in [0, 0.05) is 11.8 Å². The Balaban J connectivity index is 2.13. The van der Waals surface area contributed by atoms with Gasteiger partial charge in [-0.3, -0.25) is 9.59 Å². The first-order valence-corrected chi connectivity index (χ1v) is 6.11. The van der Waals surface area contributed by atoms with Crippen molar-refractivity contribution in [2.75, 3.05) is 0 Å². The van der Waals surface area contributed by atoms with Crippen molar-refractivity contribution in [3.8, 4) is 0 Å². The Morgan fingerprint density at radius 2 is 1.10 bits per heavy atom. The number of esters is 2. The minimum atomic E-state index is -5.12. The van der Waals surface area contributed by atoms with Crippen LogP contribution in [0, 0.1) is 35.5 Å². The third-order valence-corrected chi connectivity index (χ3v) is 4.49. The molecule has 0 N–H and O–H groups in total. The van der Waals surface area contributed by atoms with Gasteiger partial charge < -0.3 is 4.74 Å². The fourth-order valence-corrected chi connectivity index (χ4v) is 3.83. The van der Waals surface area contributed by atoms with E-state index >= 15 is 0 Å². The zero-order valence-corrected chi connectivity index (χ0v) is 10.1. The number of alkyl halides is 6. The van der Waals surface area contributed by atoms with Gasteiger partial charge >= 0.3 is 24.3 Å². The highest BCUT2D eigenvalue weighted by Crippen LogP contribution is 2.61. The van der Waals surface area contributed by atoms with Crippen LogP contribution in [-0.4, -0.2) is 24.3 Å². The summed E-state index contributed by atoms with van der Waals surface area (Å²) < 4.78 is 82.8. The Bertz CT molecular complexity index is 488. The molecule has 0 amide bonds. The van der Waals surface area contributed by atoms with E-state index in [9.17, 15) is 35.9 Å². The number of hydrogen-bond acceptors (Lipinski definition) is 3. The molecule has 2 bridgehead atoms. The van der Waals surface area contributed by atoms with E-state index in [4.69, 9.17) is 0 Å². The highest BCUT2D eigenvalue weighted by atomic mass is 19.4. The summed E-state index contributed by atoms with van der Waals surface area (Å²) in [5, 5.41) is 0. The van der Waals surface area contributed by atoms with E-state index < -0.39 is 59.8 Å².